The highest BCUT2D eigenvalue weighted by atomic mass is 16.6. The number of ether oxygens (including phenoxy) is 1. The van der Waals surface area contributed by atoms with Crippen LogP contribution < -0.4 is 5.32 Å². The van der Waals surface area contributed by atoms with Crippen LogP contribution in [0.25, 0.3) is 0 Å². The van der Waals surface area contributed by atoms with Crippen molar-refractivity contribution < 1.29 is 29.0 Å². The van der Waals surface area contributed by atoms with Crippen LogP contribution in [0.1, 0.15) is 24.0 Å². The number of nitrogens with zero attached hydrogens (tertiary/aromatic N) is 2. The molecule has 8 heteroatoms. The van der Waals surface area contributed by atoms with E-state index in [0.29, 0.717) is 22.2 Å². The van der Waals surface area contributed by atoms with Crippen molar-refractivity contribution in [1.82, 2.24) is 4.98 Å². The predicted octanol–water partition coefficient (Wildman–Crippen LogP) is 2.81. The average molecular weight is 489 g/mol. The summed E-state index contributed by atoms with van der Waals surface area (Å²) in [6.45, 7) is 2.31. The summed E-state index contributed by atoms with van der Waals surface area (Å²) in [5.74, 6) is -0.728. The first-order valence-electron chi connectivity index (χ1n) is 12.2. The fraction of sp³-hybridized carbons (Fsp3) is 0.321. The maximum Gasteiger partial charge on any atom is 0.348 e. The van der Waals surface area contributed by atoms with Crippen LogP contribution in [0.3, 0.4) is 0 Å². The molecule has 36 heavy (non-hydrogen) atoms. The van der Waals surface area contributed by atoms with E-state index in [1.54, 1.807) is 54.6 Å². The van der Waals surface area contributed by atoms with E-state index < -0.39 is 17.7 Å². The number of aromatic hydroxyl groups is 1. The summed E-state index contributed by atoms with van der Waals surface area (Å²) in [6, 6.07) is 20.7. The molecule has 3 aliphatic rings. The van der Waals surface area contributed by atoms with E-state index in [1.807, 2.05) is 12.1 Å². The van der Waals surface area contributed by atoms with Crippen LogP contribution in [-0.2, 0) is 19.9 Å². The number of pyridine rings is 1. The van der Waals surface area contributed by atoms with Crippen LogP contribution in [0.15, 0.2) is 79.0 Å². The fourth-order valence-electron chi connectivity index (χ4n) is 5.53. The average Bonchev–Trinajstić information content (AvgIpc) is 2.91. The summed E-state index contributed by atoms with van der Waals surface area (Å²) in [7, 11) is 0. The molecule has 0 unspecified atom stereocenters. The number of rotatable bonds is 7. The molecule has 0 aliphatic carbocycles. The lowest BCUT2D eigenvalue weighted by Gasteiger charge is -2.51. The highest BCUT2D eigenvalue weighted by Gasteiger charge is 2.51. The number of esters is 1. The topological polar surface area (TPSA) is 109 Å². The van der Waals surface area contributed by atoms with Crippen molar-refractivity contribution in [2.24, 2.45) is 5.92 Å². The van der Waals surface area contributed by atoms with Crippen molar-refractivity contribution in [2.75, 3.05) is 31.5 Å². The number of carbonyl (C=O) groups is 2. The lowest BCUT2D eigenvalue weighted by Crippen LogP contribution is -2.66. The lowest BCUT2D eigenvalue weighted by molar-refractivity contribution is -0.939. The third-order valence-corrected chi connectivity index (χ3v) is 7.50. The third kappa shape index (κ3) is 4.57. The number of fused-ring (bicyclic) bond motifs is 3. The maximum atomic E-state index is 13.6. The number of aromatic nitrogens is 1. The van der Waals surface area contributed by atoms with E-state index in [0.717, 1.165) is 25.9 Å². The highest BCUT2D eigenvalue weighted by molar-refractivity contribution is 5.92. The molecule has 1 atom stereocenters. The van der Waals surface area contributed by atoms with E-state index in [1.165, 1.54) is 12.3 Å². The van der Waals surface area contributed by atoms with Crippen LogP contribution in [0.5, 0.6) is 5.75 Å². The molecule has 2 aromatic carbocycles. The largest absolute Gasteiger partial charge is 0.504 e. The van der Waals surface area contributed by atoms with Gasteiger partial charge in [0.05, 0.1) is 13.1 Å². The number of carbonyl (C=O) groups excluding carboxylic acids is 2. The molecule has 3 N–H and O–H groups in total. The molecule has 8 nitrogen and oxygen atoms in total. The van der Waals surface area contributed by atoms with Gasteiger partial charge in [-0.3, -0.25) is 4.79 Å². The summed E-state index contributed by atoms with van der Waals surface area (Å²) in [6.07, 6.45) is 2.75. The monoisotopic (exact) mass is 488 g/mol. The van der Waals surface area contributed by atoms with Gasteiger partial charge in [0.25, 0.3) is 5.91 Å². The van der Waals surface area contributed by atoms with Gasteiger partial charge in [-0.25, -0.2) is 9.78 Å². The maximum absolute atomic E-state index is 13.6. The molecule has 186 valence electrons. The van der Waals surface area contributed by atoms with Crippen molar-refractivity contribution in [3.63, 3.8) is 0 Å². The molecular formula is C28H30N3O5+. The van der Waals surface area contributed by atoms with E-state index in [9.17, 15) is 19.8 Å². The van der Waals surface area contributed by atoms with Gasteiger partial charge in [0.15, 0.2) is 24.2 Å². The Morgan fingerprint density at radius 3 is 2.17 bits per heavy atom. The number of hydrogen-bond acceptors (Lipinski definition) is 6. The van der Waals surface area contributed by atoms with E-state index in [4.69, 9.17) is 4.74 Å². The number of piperidine rings is 3. The van der Waals surface area contributed by atoms with Gasteiger partial charge in [-0.15, -0.1) is 0 Å². The summed E-state index contributed by atoms with van der Waals surface area (Å²) >= 11 is 0. The molecule has 1 aromatic heterocycles. The zero-order chi connectivity index (χ0) is 25.2. The van der Waals surface area contributed by atoms with Crippen molar-refractivity contribution in [3.05, 3.63) is 90.1 Å². The molecule has 2 bridgehead atoms. The van der Waals surface area contributed by atoms with Crippen LogP contribution in [0.4, 0.5) is 5.82 Å². The van der Waals surface area contributed by atoms with Gasteiger partial charge in [0.1, 0.15) is 6.54 Å². The van der Waals surface area contributed by atoms with E-state index in [-0.39, 0.29) is 29.9 Å². The Morgan fingerprint density at radius 1 is 0.972 bits per heavy atom. The Labute approximate surface area is 209 Å². The van der Waals surface area contributed by atoms with Crippen LogP contribution in [-0.4, -0.2) is 63.8 Å². The van der Waals surface area contributed by atoms with Gasteiger partial charge >= 0.3 is 5.97 Å². The normalized spacial score (nSPS) is 23.1. The molecule has 1 amide bonds. The SMILES string of the molecule is O=C(C[N+]12CCC(CC1)[C@@H](OC(=O)C(O)(c1ccccc1)c1ccccc1)C2)Nc1ncccc1O. The van der Waals surface area contributed by atoms with Gasteiger partial charge in [0, 0.05) is 25.0 Å². The second kappa shape index (κ2) is 9.72. The van der Waals surface area contributed by atoms with Crippen molar-refractivity contribution in [2.45, 2.75) is 24.5 Å². The predicted molar refractivity (Wildman–Crippen MR) is 133 cm³/mol. The second-order valence-corrected chi connectivity index (χ2v) is 9.77. The number of hydrogen-bond donors (Lipinski definition) is 3. The van der Waals surface area contributed by atoms with Crippen LogP contribution in [0, 0.1) is 5.92 Å². The standard InChI is InChI=1S/C28H29N3O5/c32-23-12-7-15-29-26(23)30-25(33)19-31-16-13-20(14-17-31)24(18-31)36-27(34)28(35,21-8-3-1-4-9-21)22-10-5-2-6-11-22/h1-12,15,20,24,35H,13-14,16-19H2,(H-,29,30,32,33)/p+1/t20?,24-,31?/m0/s1. The van der Waals surface area contributed by atoms with Gasteiger partial charge in [-0.2, -0.15) is 0 Å². The van der Waals surface area contributed by atoms with Gasteiger partial charge in [-0.1, -0.05) is 60.7 Å². The Hall–Kier alpha value is -3.75. The van der Waals surface area contributed by atoms with E-state index in [2.05, 4.69) is 10.3 Å². The Kier molecular flexibility index (Phi) is 6.47. The summed E-state index contributed by atoms with van der Waals surface area (Å²) in [5, 5.41) is 24.4. The molecule has 3 aromatic rings. The molecule has 0 saturated carbocycles. The second-order valence-electron chi connectivity index (χ2n) is 9.77. The number of nitrogens with one attached hydrogen (secondary N) is 1. The molecule has 4 heterocycles. The molecular weight excluding hydrogens is 458 g/mol. The van der Waals surface area contributed by atoms with Crippen LogP contribution >= 0.6 is 0 Å². The number of quaternary nitrogens is 1. The van der Waals surface area contributed by atoms with Crippen molar-refractivity contribution >= 4 is 17.7 Å². The zero-order valence-electron chi connectivity index (χ0n) is 19.9. The fourth-order valence-corrected chi connectivity index (χ4v) is 5.53. The zero-order valence-corrected chi connectivity index (χ0v) is 19.9. The van der Waals surface area contributed by atoms with Gasteiger partial charge in [-0.05, 0) is 23.3 Å². The molecule has 6 rings (SSSR count). The number of amides is 1. The quantitative estimate of drug-likeness (QED) is 0.349. The minimum atomic E-state index is -1.94. The first kappa shape index (κ1) is 24.0. The minimum Gasteiger partial charge on any atom is -0.504 e. The Morgan fingerprint density at radius 2 is 1.58 bits per heavy atom. The Bertz CT molecular complexity index is 1190. The van der Waals surface area contributed by atoms with E-state index >= 15 is 0 Å². The van der Waals surface area contributed by atoms with Gasteiger partial charge in [0.2, 0.25) is 5.60 Å². The summed E-state index contributed by atoms with van der Waals surface area (Å²) in [5.41, 5.74) is -1.05. The Balaban J connectivity index is 1.33. The van der Waals surface area contributed by atoms with Crippen molar-refractivity contribution in [3.8, 4) is 5.75 Å². The highest BCUT2D eigenvalue weighted by Crippen LogP contribution is 2.38. The smallest absolute Gasteiger partial charge is 0.348 e. The molecule has 3 saturated heterocycles. The first-order chi connectivity index (χ1) is 17.4. The summed E-state index contributed by atoms with van der Waals surface area (Å²) in [4.78, 5) is 30.5. The minimum absolute atomic E-state index is 0.0869. The number of aliphatic hydroxyl groups is 1. The summed E-state index contributed by atoms with van der Waals surface area (Å²) < 4.78 is 6.54. The lowest BCUT2D eigenvalue weighted by atomic mass is 9.82. The molecule has 0 radical (unpaired) electrons. The van der Waals surface area contributed by atoms with Crippen LogP contribution in [0.2, 0.25) is 0 Å². The molecule has 3 fully saturated rings. The van der Waals surface area contributed by atoms with Gasteiger partial charge < -0.3 is 24.7 Å². The number of benzene rings is 2. The molecule has 0 spiro atoms. The van der Waals surface area contributed by atoms with Crippen molar-refractivity contribution in [1.29, 1.82) is 0 Å². The third-order valence-electron chi connectivity index (χ3n) is 7.50. The first-order valence-corrected chi connectivity index (χ1v) is 12.2. The number of anilines is 1. The molecule has 3 aliphatic heterocycles.